The molecular formula is C15H15ClN2O3. The average molecular weight is 307 g/mol. The minimum atomic E-state index is -0.494. The summed E-state index contributed by atoms with van der Waals surface area (Å²) >= 11 is 5.95. The number of anilines is 1. The van der Waals surface area contributed by atoms with E-state index in [2.05, 4.69) is 0 Å². The Morgan fingerprint density at radius 2 is 2.05 bits per heavy atom. The van der Waals surface area contributed by atoms with Crippen LogP contribution in [0.5, 0.6) is 0 Å². The Labute approximate surface area is 127 Å². The van der Waals surface area contributed by atoms with Gasteiger partial charge in [-0.3, -0.25) is 10.1 Å². The SMILES string of the molecule is CN(Cc1cccc(Cl)c1)c1ccc([N+](=O)[O-])c(CO)c1. The van der Waals surface area contributed by atoms with Gasteiger partial charge in [0.15, 0.2) is 0 Å². The number of aliphatic hydroxyl groups is 1. The molecule has 0 amide bonds. The van der Waals surface area contributed by atoms with Crippen molar-refractivity contribution in [3.63, 3.8) is 0 Å². The van der Waals surface area contributed by atoms with Gasteiger partial charge < -0.3 is 10.0 Å². The molecule has 0 unspecified atom stereocenters. The van der Waals surface area contributed by atoms with Crippen molar-refractivity contribution in [1.29, 1.82) is 0 Å². The summed E-state index contributed by atoms with van der Waals surface area (Å²) in [5.74, 6) is 0. The molecule has 0 saturated carbocycles. The van der Waals surface area contributed by atoms with Crippen molar-refractivity contribution >= 4 is 23.0 Å². The Morgan fingerprint density at radius 3 is 2.67 bits per heavy atom. The Bertz CT molecular complexity index is 661. The molecule has 0 saturated heterocycles. The number of nitro groups is 1. The van der Waals surface area contributed by atoms with Crippen LogP contribution in [0.15, 0.2) is 42.5 Å². The van der Waals surface area contributed by atoms with Crippen molar-refractivity contribution < 1.29 is 10.0 Å². The molecule has 2 aromatic rings. The first-order valence-corrected chi connectivity index (χ1v) is 6.73. The van der Waals surface area contributed by atoms with Gasteiger partial charge in [-0.15, -0.1) is 0 Å². The van der Waals surface area contributed by atoms with Crippen molar-refractivity contribution in [2.75, 3.05) is 11.9 Å². The number of nitrogens with zero attached hydrogens (tertiary/aromatic N) is 2. The summed E-state index contributed by atoms with van der Waals surface area (Å²) in [6.07, 6.45) is 0. The van der Waals surface area contributed by atoms with Gasteiger partial charge in [-0.2, -0.15) is 0 Å². The maximum Gasteiger partial charge on any atom is 0.275 e. The molecule has 0 spiro atoms. The van der Waals surface area contributed by atoms with Gasteiger partial charge in [-0.05, 0) is 29.8 Å². The molecule has 6 heteroatoms. The lowest BCUT2D eigenvalue weighted by Crippen LogP contribution is -2.16. The topological polar surface area (TPSA) is 66.6 Å². The smallest absolute Gasteiger partial charge is 0.275 e. The molecule has 0 heterocycles. The molecule has 110 valence electrons. The molecule has 2 rings (SSSR count). The third kappa shape index (κ3) is 3.71. The second kappa shape index (κ2) is 6.56. The van der Waals surface area contributed by atoms with Crippen molar-refractivity contribution in [3.05, 3.63) is 68.7 Å². The van der Waals surface area contributed by atoms with E-state index in [0.29, 0.717) is 17.1 Å². The third-order valence-corrected chi connectivity index (χ3v) is 3.41. The Balaban J connectivity index is 2.23. The predicted octanol–water partition coefficient (Wildman–Crippen LogP) is 3.38. The van der Waals surface area contributed by atoms with Gasteiger partial charge in [0, 0.05) is 30.4 Å². The number of hydrogen-bond donors (Lipinski definition) is 1. The Morgan fingerprint density at radius 1 is 1.29 bits per heavy atom. The van der Waals surface area contributed by atoms with E-state index < -0.39 is 4.92 Å². The number of hydrogen-bond acceptors (Lipinski definition) is 4. The highest BCUT2D eigenvalue weighted by Gasteiger charge is 2.14. The molecule has 21 heavy (non-hydrogen) atoms. The minimum Gasteiger partial charge on any atom is -0.391 e. The largest absolute Gasteiger partial charge is 0.391 e. The van der Waals surface area contributed by atoms with Crippen LogP contribution in [0.4, 0.5) is 11.4 Å². The molecule has 0 atom stereocenters. The molecule has 0 radical (unpaired) electrons. The number of nitro benzene ring substituents is 1. The molecule has 0 aliphatic rings. The van der Waals surface area contributed by atoms with E-state index >= 15 is 0 Å². The highest BCUT2D eigenvalue weighted by atomic mass is 35.5. The Hall–Kier alpha value is -2.11. The quantitative estimate of drug-likeness (QED) is 0.679. The highest BCUT2D eigenvalue weighted by Crippen LogP contribution is 2.25. The summed E-state index contributed by atoms with van der Waals surface area (Å²) in [4.78, 5) is 12.3. The average Bonchev–Trinajstić information content (AvgIpc) is 2.46. The Kier molecular flexibility index (Phi) is 4.77. The number of rotatable bonds is 5. The molecule has 0 aromatic heterocycles. The monoisotopic (exact) mass is 306 g/mol. The van der Waals surface area contributed by atoms with Crippen molar-refractivity contribution in [3.8, 4) is 0 Å². The zero-order chi connectivity index (χ0) is 15.4. The van der Waals surface area contributed by atoms with Gasteiger partial charge >= 0.3 is 0 Å². The predicted molar refractivity (Wildman–Crippen MR) is 82.6 cm³/mol. The summed E-state index contributed by atoms with van der Waals surface area (Å²) < 4.78 is 0. The van der Waals surface area contributed by atoms with Crippen LogP contribution in [-0.2, 0) is 13.2 Å². The van der Waals surface area contributed by atoms with E-state index in [0.717, 1.165) is 11.3 Å². The highest BCUT2D eigenvalue weighted by molar-refractivity contribution is 6.30. The maximum atomic E-state index is 10.9. The summed E-state index contributed by atoms with van der Waals surface area (Å²) in [5, 5.41) is 20.8. The molecule has 2 aromatic carbocycles. The van der Waals surface area contributed by atoms with Gasteiger partial charge in [0.05, 0.1) is 17.1 Å². The van der Waals surface area contributed by atoms with E-state index in [1.165, 1.54) is 6.07 Å². The fraction of sp³-hybridized carbons (Fsp3) is 0.200. The van der Waals surface area contributed by atoms with Gasteiger partial charge in [0.1, 0.15) is 0 Å². The van der Waals surface area contributed by atoms with E-state index in [9.17, 15) is 15.2 Å². The maximum absolute atomic E-state index is 10.9. The summed E-state index contributed by atoms with van der Waals surface area (Å²) in [6.45, 7) is 0.248. The fourth-order valence-electron chi connectivity index (χ4n) is 2.11. The van der Waals surface area contributed by atoms with Crippen LogP contribution in [0.25, 0.3) is 0 Å². The molecule has 0 aliphatic heterocycles. The first kappa shape index (κ1) is 15.3. The summed E-state index contributed by atoms with van der Waals surface area (Å²) in [6, 6.07) is 12.2. The van der Waals surface area contributed by atoms with Crippen molar-refractivity contribution in [2.45, 2.75) is 13.2 Å². The van der Waals surface area contributed by atoms with E-state index in [1.54, 1.807) is 18.2 Å². The van der Waals surface area contributed by atoms with Gasteiger partial charge in [0.25, 0.3) is 5.69 Å². The minimum absolute atomic E-state index is 0.0718. The van der Waals surface area contributed by atoms with E-state index in [1.807, 2.05) is 30.1 Å². The second-order valence-electron chi connectivity index (χ2n) is 4.71. The molecule has 0 aliphatic carbocycles. The third-order valence-electron chi connectivity index (χ3n) is 3.18. The molecular weight excluding hydrogens is 292 g/mol. The van der Waals surface area contributed by atoms with Crippen LogP contribution >= 0.6 is 11.6 Å². The fourth-order valence-corrected chi connectivity index (χ4v) is 2.33. The lowest BCUT2D eigenvalue weighted by Gasteiger charge is -2.20. The normalized spacial score (nSPS) is 10.4. The summed E-state index contributed by atoms with van der Waals surface area (Å²) in [7, 11) is 1.88. The van der Waals surface area contributed by atoms with Crippen LogP contribution in [0.3, 0.4) is 0 Å². The van der Waals surface area contributed by atoms with Crippen LogP contribution in [-0.4, -0.2) is 17.1 Å². The molecule has 0 fully saturated rings. The zero-order valence-electron chi connectivity index (χ0n) is 11.5. The standard InChI is InChI=1S/C15H15ClN2O3/c1-17(9-11-3-2-4-13(16)7-11)14-5-6-15(18(20)21)12(8-14)10-19/h2-8,19H,9-10H2,1H3. The number of benzene rings is 2. The number of aliphatic hydroxyl groups excluding tert-OH is 1. The first-order valence-electron chi connectivity index (χ1n) is 6.35. The van der Waals surface area contributed by atoms with E-state index in [-0.39, 0.29) is 12.3 Å². The van der Waals surface area contributed by atoms with Crippen molar-refractivity contribution in [1.82, 2.24) is 0 Å². The molecule has 1 N–H and O–H groups in total. The van der Waals surface area contributed by atoms with Crippen LogP contribution in [0.1, 0.15) is 11.1 Å². The lowest BCUT2D eigenvalue weighted by molar-refractivity contribution is -0.385. The van der Waals surface area contributed by atoms with Gasteiger partial charge in [-0.25, -0.2) is 0 Å². The van der Waals surface area contributed by atoms with Crippen LogP contribution < -0.4 is 4.90 Å². The molecule has 0 bridgehead atoms. The number of halogens is 1. The summed E-state index contributed by atoms with van der Waals surface area (Å²) in [5.41, 5.74) is 2.06. The van der Waals surface area contributed by atoms with E-state index in [4.69, 9.17) is 11.6 Å². The second-order valence-corrected chi connectivity index (χ2v) is 5.15. The van der Waals surface area contributed by atoms with Crippen LogP contribution in [0.2, 0.25) is 5.02 Å². The van der Waals surface area contributed by atoms with Gasteiger partial charge in [0.2, 0.25) is 0 Å². The van der Waals surface area contributed by atoms with Crippen molar-refractivity contribution in [2.24, 2.45) is 0 Å². The van der Waals surface area contributed by atoms with Gasteiger partial charge in [-0.1, -0.05) is 23.7 Å². The first-order chi connectivity index (χ1) is 10.0. The lowest BCUT2D eigenvalue weighted by atomic mass is 10.1. The zero-order valence-corrected chi connectivity index (χ0v) is 12.2. The van der Waals surface area contributed by atoms with Crippen LogP contribution in [0, 0.1) is 10.1 Å². The molecule has 5 nitrogen and oxygen atoms in total.